The van der Waals surface area contributed by atoms with Gasteiger partial charge in [-0.05, 0) is 0 Å². The first-order chi connectivity index (χ1) is 10.1. The Hall–Kier alpha value is -2.85. The third-order valence-corrected chi connectivity index (χ3v) is 2.71. The van der Waals surface area contributed by atoms with E-state index < -0.39 is 33.4 Å². The second-order valence-corrected chi connectivity index (χ2v) is 5.05. The number of phenolic OH excluding ortho intramolecular Hbond substituents is 4. The first-order valence-corrected chi connectivity index (χ1v) is 6.89. The highest BCUT2D eigenvalue weighted by molar-refractivity contribution is 7.81. The minimum absolute atomic E-state index is 0.117. The summed E-state index contributed by atoms with van der Waals surface area (Å²) in [6.07, 6.45) is 0. The van der Waals surface area contributed by atoms with Crippen LogP contribution in [0.3, 0.4) is 0 Å². The Kier molecular flexibility index (Phi) is 3.89. The number of ether oxygens (including phenoxy) is 1. The van der Waals surface area contributed by atoms with E-state index in [1.54, 1.807) is 0 Å². The number of hydrogen-bond acceptors (Lipinski definition) is 9. The maximum Gasteiger partial charge on any atom is 0.262 e. The van der Waals surface area contributed by atoms with Crippen molar-refractivity contribution in [2.45, 2.75) is 0 Å². The van der Waals surface area contributed by atoms with E-state index >= 15 is 0 Å². The van der Waals surface area contributed by atoms with Crippen LogP contribution in [0.4, 0.5) is 0 Å². The van der Waals surface area contributed by atoms with Gasteiger partial charge < -0.3 is 33.9 Å². The standard InChI is InChI=1S/C12H10O9S/c13-6-1-7(14)3-8(2-6)20-12-10(15)4-9(5-11(12)16)21-22(17,18)19/h1-5,13-16H,(H,17,18,19)/p-1. The molecule has 2 rings (SSSR count). The summed E-state index contributed by atoms with van der Waals surface area (Å²) in [6, 6.07) is 4.67. The van der Waals surface area contributed by atoms with Crippen molar-refractivity contribution in [2.24, 2.45) is 0 Å². The quantitative estimate of drug-likeness (QED) is 0.477. The molecule has 0 aromatic heterocycles. The molecule has 0 saturated heterocycles. The van der Waals surface area contributed by atoms with E-state index in [9.17, 15) is 33.4 Å². The molecular formula is C12H9O9S-. The minimum Gasteiger partial charge on any atom is -0.716 e. The molecule has 0 heterocycles. The van der Waals surface area contributed by atoms with Crippen molar-refractivity contribution in [1.29, 1.82) is 0 Å². The topological polar surface area (TPSA) is 157 Å². The Morgan fingerprint density at radius 2 is 1.32 bits per heavy atom. The summed E-state index contributed by atoms with van der Waals surface area (Å²) in [4.78, 5) is 0. The van der Waals surface area contributed by atoms with Crippen molar-refractivity contribution in [2.75, 3.05) is 0 Å². The number of phenols is 4. The van der Waals surface area contributed by atoms with Crippen LogP contribution in [0.2, 0.25) is 0 Å². The molecule has 2 aromatic rings. The first-order valence-electron chi connectivity index (χ1n) is 5.56. The molecule has 0 bridgehead atoms. The lowest BCUT2D eigenvalue weighted by Crippen LogP contribution is -2.06. The highest BCUT2D eigenvalue weighted by Gasteiger charge is 2.15. The lowest BCUT2D eigenvalue weighted by atomic mass is 10.2. The normalized spacial score (nSPS) is 11.1. The van der Waals surface area contributed by atoms with Crippen LogP contribution in [0.1, 0.15) is 0 Å². The molecular weight excluding hydrogens is 320 g/mol. The van der Waals surface area contributed by atoms with Crippen LogP contribution in [0.5, 0.6) is 40.2 Å². The van der Waals surface area contributed by atoms with Crippen LogP contribution >= 0.6 is 0 Å². The van der Waals surface area contributed by atoms with Crippen molar-refractivity contribution >= 4 is 10.4 Å². The average molecular weight is 329 g/mol. The summed E-state index contributed by atoms with van der Waals surface area (Å²) >= 11 is 0. The molecule has 4 N–H and O–H groups in total. The summed E-state index contributed by atoms with van der Waals surface area (Å²) in [5.41, 5.74) is 0. The van der Waals surface area contributed by atoms with Crippen molar-refractivity contribution in [1.82, 2.24) is 0 Å². The van der Waals surface area contributed by atoms with Gasteiger partial charge >= 0.3 is 0 Å². The zero-order valence-electron chi connectivity index (χ0n) is 10.6. The third-order valence-electron chi connectivity index (χ3n) is 2.32. The van der Waals surface area contributed by atoms with Gasteiger partial charge in [0.2, 0.25) is 5.75 Å². The van der Waals surface area contributed by atoms with Crippen LogP contribution in [-0.4, -0.2) is 33.4 Å². The van der Waals surface area contributed by atoms with Gasteiger partial charge in [-0.15, -0.1) is 0 Å². The van der Waals surface area contributed by atoms with Crippen LogP contribution in [0.15, 0.2) is 30.3 Å². The molecule has 0 radical (unpaired) electrons. The van der Waals surface area contributed by atoms with E-state index in [0.717, 1.165) is 30.3 Å². The molecule has 0 saturated carbocycles. The fraction of sp³-hybridized carbons (Fsp3) is 0. The van der Waals surface area contributed by atoms with E-state index in [1.807, 2.05) is 0 Å². The van der Waals surface area contributed by atoms with Gasteiger partial charge in [-0.1, -0.05) is 0 Å². The highest BCUT2D eigenvalue weighted by Crippen LogP contribution is 2.43. The molecule has 0 atom stereocenters. The monoisotopic (exact) mass is 329 g/mol. The second kappa shape index (κ2) is 5.50. The lowest BCUT2D eigenvalue weighted by Gasteiger charge is -2.13. The Labute approximate surface area is 124 Å². The average Bonchev–Trinajstić information content (AvgIpc) is 2.30. The summed E-state index contributed by atoms with van der Waals surface area (Å²) < 4.78 is 40.4. The van der Waals surface area contributed by atoms with Gasteiger partial charge in [0.1, 0.15) is 23.0 Å². The Morgan fingerprint density at radius 1 is 0.818 bits per heavy atom. The summed E-state index contributed by atoms with van der Waals surface area (Å²) in [7, 11) is -5.07. The van der Waals surface area contributed by atoms with Gasteiger partial charge in [-0.3, -0.25) is 0 Å². The number of benzene rings is 2. The lowest BCUT2D eigenvalue weighted by molar-refractivity contribution is 0.357. The van der Waals surface area contributed by atoms with Gasteiger partial charge in [-0.2, -0.15) is 0 Å². The van der Waals surface area contributed by atoms with Crippen LogP contribution in [-0.2, 0) is 10.4 Å². The van der Waals surface area contributed by atoms with E-state index in [2.05, 4.69) is 4.18 Å². The fourth-order valence-corrected chi connectivity index (χ4v) is 1.92. The van der Waals surface area contributed by atoms with E-state index in [1.165, 1.54) is 0 Å². The third kappa shape index (κ3) is 3.84. The molecule has 118 valence electrons. The number of hydrogen-bond donors (Lipinski definition) is 4. The number of aromatic hydroxyl groups is 4. The molecule has 2 aromatic carbocycles. The molecule has 0 unspecified atom stereocenters. The molecule has 0 amide bonds. The molecule has 0 aliphatic rings. The first kappa shape index (κ1) is 15.5. The molecule has 0 aliphatic carbocycles. The molecule has 0 spiro atoms. The predicted octanol–water partition coefficient (Wildman–Crippen LogP) is 1.14. The second-order valence-electron chi connectivity index (χ2n) is 4.07. The van der Waals surface area contributed by atoms with Gasteiger partial charge in [0, 0.05) is 30.3 Å². The summed E-state index contributed by atoms with van der Waals surface area (Å²) in [5, 5.41) is 38.0. The Morgan fingerprint density at radius 3 is 1.77 bits per heavy atom. The van der Waals surface area contributed by atoms with Crippen molar-refractivity contribution in [3.05, 3.63) is 30.3 Å². The highest BCUT2D eigenvalue weighted by atomic mass is 32.3. The maximum absolute atomic E-state index is 10.4. The predicted molar refractivity (Wildman–Crippen MR) is 69.9 cm³/mol. The largest absolute Gasteiger partial charge is 0.716 e. The maximum atomic E-state index is 10.4. The van der Waals surface area contributed by atoms with Crippen LogP contribution in [0.25, 0.3) is 0 Å². The van der Waals surface area contributed by atoms with Crippen molar-refractivity contribution in [3.8, 4) is 40.2 Å². The molecule has 0 fully saturated rings. The molecule has 22 heavy (non-hydrogen) atoms. The Bertz CT molecular complexity index is 770. The molecule has 0 aliphatic heterocycles. The number of rotatable bonds is 4. The van der Waals surface area contributed by atoms with Crippen molar-refractivity contribution in [3.63, 3.8) is 0 Å². The van der Waals surface area contributed by atoms with Gasteiger partial charge in [0.05, 0.1) is 0 Å². The van der Waals surface area contributed by atoms with Crippen LogP contribution in [0, 0.1) is 0 Å². The summed E-state index contributed by atoms with van der Waals surface area (Å²) in [5.74, 6) is -3.36. The SMILES string of the molecule is O=S(=O)([O-])Oc1cc(O)c(Oc2cc(O)cc(O)c2)c(O)c1. The fourth-order valence-electron chi connectivity index (χ4n) is 1.59. The summed E-state index contributed by atoms with van der Waals surface area (Å²) in [6.45, 7) is 0. The van der Waals surface area contributed by atoms with Crippen molar-refractivity contribution < 1.29 is 42.3 Å². The molecule has 10 heteroatoms. The van der Waals surface area contributed by atoms with E-state index in [0.29, 0.717) is 0 Å². The zero-order valence-corrected chi connectivity index (χ0v) is 11.4. The van der Waals surface area contributed by atoms with E-state index in [4.69, 9.17) is 4.74 Å². The van der Waals surface area contributed by atoms with Gasteiger partial charge in [0.15, 0.2) is 11.5 Å². The minimum atomic E-state index is -5.07. The van der Waals surface area contributed by atoms with Crippen LogP contribution < -0.4 is 8.92 Å². The molecule has 9 nitrogen and oxygen atoms in total. The zero-order chi connectivity index (χ0) is 16.5. The Balaban J connectivity index is 2.36. The van der Waals surface area contributed by atoms with Gasteiger partial charge in [-0.25, -0.2) is 8.42 Å². The van der Waals surface area contributed by atoms with Gasteiger partial charge in [0.25, 0.3) is 10.4 Å². The van der Waals surface area contributed by atoms with E-state index in [-0.39, 0.29) is 17.2 Å². The smallest absolute Gasteiger partial charge is 0.262 e.